The number of ketones is 1. The van der Waals surface area contributed by atoms with E-state index in [9.17, 15) is 9.59 Å². The first kappa shape index (κ1) is 12.5. The first-order chi connectivity index (χ1) is 7.41. The normalized spacial score (nSPS) is 23.2. The summed E-state index contributed by atoms with van der Waals surface area (Å²) in [5.74, 6) is 1.46. The number of carbonyl (C=O) groups excluding carboxylic acids is 2. The van der Waals surface area contributed by atoms with Crippen molar-refractivity contribution in [2.45, 2.75) is 26.7 Å². The van der Waals surface area contributed by atoms with E-state index >= 15 is 0 Å². The topological polar surface area (TPSA) is 43.4 Å². The van der Waals surface area contributed by atoms with E-state index in [1.807, 2.05) is 13.8 Å². The fraction of sp³-hybridized carbons (Fsp3) is 0.538. The zero-order chi connectivity index (χ0) is 12.3. The second-order valence-electron chi connectivity index (χ2n) is 4.71. The molecule has 3 heteroatoms. The van der Waals surface area contributed by atoms with E-state index in [0.717, 1.165) is 0 Å². The van der Waals surface area contributed by atoms with Gasteiger partial charge in [0.1, 0.15) is 0 Å². The molecule has 3 nitrogen and oxygen atoms in total. The Morgan fingerprint density at radius 3 is 2.81 bits per heavy atom. The SMILES string of the molecule is C#CCC1CC(C)(C)C=C(C(=O)OC)C1=O. The summed E-state index contributed by atoms with van der Waals surface area (Å²) in [5.41, 5.74) is -0.0575. The van der Waals surface area contributed by atoms with Crippen molar-refractivity contribution in [1.82, 2.24) is 0 Å². The third-order valence-corrected chi connectivity index (χ3v) is 2.71. The maximum absolute atomic E-state index is 11.9. The lowest BCUT2D eigenvalue weighted by molar-refractivity contribution is -0.139. The Labute approximate surface area is 95.9 Å². The summed E-state index contributed by atoms with van der Waals surface area (Å²) in [7, 11) is 1.27. The van der Waals surface area contributed by atoms with Gasteiger partial charge in [-0.15, -0.1) is 12.3 Å². The van der Waals surface area contributed by atoms with Crippen molar-refractivity contribution in [2.24, 2.45) is 11.3 Å². The number of ether oxygens (including phenoxy) is 1. The number of methoxy groups -OCH3 is 1. The number of hydrogen-bond donors (Lipinski definition) is 0. The number of Topliss-reactive ketones (excluding diaryl/α,β-unsaturated/α-hetero) is 1. The fourth-order valence-electron chi connectivity index (χ4n) is 2.05. The van der Waals surface area contributed by atoms with Crippen LogP contribution in [0.5, 0.6) is 0 Å². The number of carbonyl (C=O) groups is 2. The molecule has 0 aromatic heterocycles. The lowest BCUT2D eigenvalue weighted by Gasteiger charge is -2.31. The highest BCUT2D eigenvalue weighted by Crippen LogP contribution is 2.36. The average molecular weight is 220 g/mol. The third kappa shape index (κ3) is 2.52. The van der Waals surface area contributed by atoms with Crippen LogP contribution >= 0.6 is 0 Å². The predicted octanol–water partition coefficient (Wildman–Crippen LogP) is 1.72. The van der Waals surface area contributed by atoms with Crippen molar-refractivity contribution in [2.75, 3.05) is 7.11 Å². The van der Waals surface area contributed by atoms with Crippen LogP contribution in [0.3, 0.4) is 0 Å². The highest BCUT2D eigenvalue weighted by atomic mass is 16.5. The van der Waals surface area contributed by atoms with Crippen LogP contribution in [0, 0.1) is 23.7 Å². The number of esters is 1. The van der Waals surface area contributed by atoms with Gasteiger partial charge in [0.15, 0.2) is 5.78 Å². The Kier molecular flexibility index (Phi) is 3.54. The van der Waals surface area contributed by atoms with Crippen molar-refractivity contribution in [1.29, 1.82) is 0 Å². The molecule has 0 aliphatic heterocycles. The van der Waals surface area contributed by atoms with Crippen molar-refractivity contribution in [3.05, 3.63) is 11.6 Å². The van der Waals surface area contributed by atoms with Crippen LogP contribution < -0.4 is 0 Å². The highest BCUT2D eigenvalue weighted by molar-refractivity contribution is 6.18. The molecule has 16 heavy (non-hydrogen) atoms. The molecular formula is C13H16O3. The minimum Gasteiger partial charge on any atom is -0.465 e. The molecule has 1 atom stereocenters. The number of allylic oxidation sites excluding steroid dienone is 1. The van der Waals surface area contributed by atoms with Gasteiger partial charge in [0.05, 0.1) is 12.7 Å². The van der Waals surface area contributed by atoms with E-state index < -0.39 is 5.97 Å². The number of hydrogen-bond acceptors (Lipinski definition) is 3. The molecule has 0 radical (unpaired) electrons. The maximum atomic E-state index is 11.9. The van der Waals surface area contributed by atoms with E-state index in [0.29, 0.717) is 12.8 Å². The molecule has 0 aromatic rings. The molecule has 0 spiro atoms. The second kappa shape index (κ2) is 4.52. The first-order valence-electron chi connectivity index (χ1n) is 5.20. The Hall–Kier alpha value is -1.56. The third-order valence-electron chi connectivity index (χ3n) is 2.71. The van der Waals surface area contributed by atoms with Crippen LogP contribution in [0.15, 0.2) is 11.6 Å². The predicted molar refractivity (Wildman–Crippen MR) is 60.4 cm³/mol. The molecule has 0 fully saturated rings. The van der Waals surface area contributed by atoms with Gasteiger partial charge in [-0.1, -0.05) is 19.9 Å². The van der Waals surface area contributed by atoms with Crippen LogP contribution in [0.2, 0.25) is 0 Å². The van der Waals surface area contributed by atoms with Gasteiger partial charge in [-0.05, 0) is 11.8 Å². The fourth-order valence-corrected chi connectivity index (χ4v) is 2.05. The van der Waals surface area contributed by atoms with E-state index in [4.69, 9.17) is 6.42 Å². The second-order valence-corrected chi connectivity index (χ2v) is 4.71. The standard InChI is InChI=1S/C13H16O3/c1-5-6-9-7-13(2,3)8-10(11(9)14)12(15)16-4/h1,8-9H,6-7H2,2-4H3. The molecule has 0 saturated heterocycles. The summed E-state index contributed by atoms with van der Waals surface area (Å²) in [6.45, 7) is 3.96. The Balaban J connectivity index is 3.07. The summed E-state index contributed by atoms with van der Waals surface area (Å²) in [6, 6.07) is 0. The molecule has 1 aliphatic rings. The van der Waals surface area contributed by atoms with Crippen LogP contribution in [0.1, 0.15) is 26.7 Å². The van der Waals surface area contributed by atoms with Gasteiger partial charge in [0.2, 0.25) is 0 Å². The van der Waals surface area contributed by atoms with Gasteiger partial charge >= 0.3 is 5.97 Å². The first-order valence-corrected chi connectivity index (χ1v) is 5.20. The van der Waals surface area contributed by atoms with Gasteiger partial charge in [0, 0.05) is 12.3 Å². The summed E-state index contributed by atoms with van der Waals surface area (Å²) in [4.78, 5) is 23.4. The zero-order valence-corrected chi connectivity index (χ0v) is 9.87. The molecule has 1 rings (SSSR count). The van der Waals surface area contributed by atoms with Gasteiger partial charge in [-0.3, -0.25) is 4.79 Å². The lowest BCUT2D eigenvalue weighted by Crippen LogP contribution is -2.32. The summed E-state index contributed by atoms with van der Waals surface area (Å²) < 4.78 is 4.60. The molecule has 0 aromatic carbocycles. The van der Waals surface area contributed by atoms with Gasteiger partial charge in [-0.2, -0.15) is 0 Å². The smallest absolute Gasteiger partial charge is 0.341 e. The molecule has 1 unspecified atom stereocenters. The Morgan fingerprint density at radius 1 is 1.69 bits per heavy atom. The Bertz CT molecular complexity index is 382. The summed E-state index contributed by atoms with van der Waals surface area (Å²) >= 11 is 0. The van der Waals surface area contributed by atoms with Gasteiger partial charge < -0.3 is 4.74 Å². The zero-order valence-electron chi connectivity index (χ0n) is 9.87. The van der Waals surface area contributed by atoms with E-state index in [1.54, 1.807) is 6.08 Å². The molecule has 0 saturated carbocycles. The molecule has 0 heterocycles. The lowest BCUT2D eigenvalue weighted by atomic mass is 9.72. The molecule has 1 aliphatic carbocycles. The van der Waals surface area contributed by atoms with Crippen molar-refractivity contribution >= 4 is 11.8 Å². The number of terminal acetylenes is 1. The maximum Gasteiger partial charge on any atom is 0.341 e. The van der Waals surface area contributed by atoms with Crippen LogP contribution in [-0.4, -0.2) is 18.9 Å². The summed E-state index contributed by atoms with van der Waals surface area (Å²) in [6.07, 6.45) is 7.96. The average Bonchev–Trinajstić information content (AvgIpc) is 2.22. The van der Waals surface area contributed by atoms with Crippen molar-refractivity contribution in [3.8, 4) is 12.3 Å². The van der Waals surface area contributed by atoms with Crippen LogP contribution in [0.25, 0.3) is 0 Å². The highest BCUT2D eigenvalue weighted by Gasteiger charge is 2.37. The number of rotatable bonds is 2. The van der Waals surface area contributed by atoms with E-state index in [-0.39, 0.29) is 22.7 Å². The van der Waals surface area contributed by atoms with Crippen LogP contribution in [-0.2, 0) is 14.3 Å². The van der Waals surface area contributed by atoms with Gasteiger partial charge in [-0.25, -0.2) is 4.79 Å². The van der Waals surface area contributed by atoms with Gasteiger partial charge in [0.25, 0.3) is 0 Å². The van der Waals surface area contributed by atoms with E-state index in [2.05, 4.69) is 10.7 Å². The Morgan fingerprint density at radius 2 is 2.31 bits per heavy atom. The summed E-state index contributed by atoms with van der Waals surface area (Å²) in [5, 5.41) is 0. The van der Waals surface area contributed by atoms with Crippen molar-refractivity contribution < 1.29 is 14.3 Å². The van der Waals surface area contributed by atoms with Crippen LogP contribution in [0.4, 0.5) is 0 Å². The minimum absolute atomic E-state index is 0.138. The quantitative estimate of drug-likeness (QED) is 0.404. The molecule has 0 N–H and O–H groups in total. The largest absolute Gasteiger partial charge is 0.465 e. The molecule has 0 bridgehead atoms. The molecule has 0 amide bonds. The minimum atomic E-state index is -0.570. The molecule has 86 valence electrons. The monoisotopic (exact) mass is 220 g/mol. The van der Waals surface area contributed by atoms with Crippen molar-refractivity contribution in [3.63, 3.8) is 0 Å². The van der Waals surface area contributed by atoms with E-state index in [1.165, 1.54) is 7.11 Å². The molecular weight excluding hydrogens is 204 g/mol.